The van der Waals surface area contributed by atoms with Crippen LogP contribution in [0.4, 0.5) is 4.79 Å². The fourth-order valence-electron chi connectivity index (χ4n) is 4.75. The molecule has 2 fully saturated rings. The van der Waals surface area contributed by atoms with E-state index in [1.54, 1.807) is 48.4 Å². The summed E-state index contributed by atoms with van der Waals surface area (Å²) in [5.41, 5.74) is 1.66. The van der Waals surface area contributed by atoms with Crippen molar-refractivity contribution in [3.05, 3.63) is 65.0 Å². The van der Waals surface area contributed by atoms with Gasteiger partial charge in [-0.15, -0.1) is 0 Å². The highest BCUT2D eigenvalue weighted by Crippen LogP contribution is 2.42. The van der Waals surface area contributed by atoms with Gasteiger partial charge in [-0.2, -0.15) is 0 Å². The lowest BCUT2D eigenvalue weighted by atomic mass is 9.95. The lowest BCUT2D eigenvalue weighted by Gasteiger charge is -2.38. The second-order valence-electron chi connectivity index (χ2n) is 8.58. The number of rotatable bonds is 5. The number of carbonyl (C=O) groups excluding carboxylic acids is 3. The second-order valence-corrected chi connectivity index (χ2v) is 8.58. The lowest BCUT2D eigenvalue weighted by molar-refractivity contribution is -0.142. The molecule has 9 nitrogen and oxygen atoms in total. The Morgan fingerprint density at radius 3 is 2.54 bits per heavy atom. The summed E-state index contributed by atoms with van der Waals surface area (Å²) in [4.78, 5) is 46.3. The maximum absolute atomic E-state index is 13.3. The summed E-state index contributed by atoms with van der Waals surface area (Å²) in [7, 11) is 1.48. The Labute approximate surface area is 204 Å². The zero-order chi connectivity index (χ0) is 25.1. The molecule has 1 aromatic heterocycles. The Kier molecular flexibility index (Phi) is 7.04. The standard InChI is InChI=1S/C26H29N3O6/c1-4-35-26(33)28-13-10-17(11-14-28)29-22(19-7-5-6-12-27-19)21(24(31)25(29)32)23(30)18-15-16(2)8-9-20(18)34-3/h5-9,12,15,17,22,30H,4,10-11,13-14H2,1-3H3/b23-21+. The second kappa shape index (κ2) is 10.2. The molecule has 2 aliphatic heterocycles. The average Bonchev–Trinajstić information content (AvgIpc) is 3.14. The molecule has 3 heterocycles. The van der Waals surface area contributed by atoms with Gasteiger partial charge in [0.25, 0.3) is 11.7 Å². The molecule has 0 aliphatic carbocycles. The Bertz CT molecular complexity index is 1150. The normalized spacial score (nSPS) is 20.3. The number of pyridine rings is 1. The number of carbonyl (C=O) groups is 3. The minimum Gasteiger partial charge on any atom is -0.507 e. The van der Waals surface area contributed by atoms with E-state index in [1.165, 1.54) is 12.0 Å². The Hall–Kier alpha value is -3.88. The van der Waals surface area contributed by atoms with E-state index in [0.29, 0.717) is 42.9 Å². The predicted octanol–water partition coefficient (Wildman–Crippen LogP) is 3.44. The highest BCUT2D eigenvalue weighted by atomic mass is 16.6. The van der Waals surface area contributed by atoms with E-state index in [2.05, 4.69) is 4.98 Å². The van der Waals surface area contributed by atoms with Gasteiger partial charge in [0.2, 0.25) is 0 Å². The largest absolute Gasteiger partial charge is 0.507 e. The van der Waals surface area contributed by atoms with Crippen LogP contribution in [-0.4, -0.2) is 70.5 Å². The van der Waals surface area contributed by atoms with Crippen LogP contribution in [0.2, 0.25) is 0 Å². The SMILES string of the molecule is CCOC(=O)N1CCC(N2C(=O)C(=O)/C(=C(/O)c3cc(C)ccc3OC)C2c2ccccn2)CC1. The molecule has 184 valence electrons. The molecule has 1 N–H and O–H groups in total. The predicted molar refractivity (Wildman–Crippen MR) is 128 cm³/mol. The zero-order valence-corrected chi connectivity index (χ0v) is 20.1. The monoisotopic (exact) mass is 479 g/mol. The number of amides is 2. The van der Waals surface area contributed by atoms with Gasteiger partial charge < -0.3 is 24.4 Å². The molecule has 2 aromatic rings. The molecule has 0 radical (unpaired) electrons. The summed E-state index contributed by atoms with van der Waals surface area (Å²) < 4.78 is 10.5. The van der Waals surface area contributed by atoms with Gasteiger partial charge in [-0.05, 0) is 51.0 Å². The topological polar surface area (TPSA) is 109 Å². The van der Waals surface area contributed by atoms with Crippen molar-refractivity contribution in [2.24, 2.45) is 0 Å². The van der Waals surface area contributed by atoms with Crippen molar-refractivity contribution < 1.29 is 29.0 Å². The van der Waals surface area contributed by atoms with Gasteiger partial charge in [-0.1, -0.05) is 17.7 Å². The van der Waals surface area contributed by atoms with E-state index in [-0.39, 0.29) is 30.1 Å². The number of Topliss-reactive ketones (excluding diaryl/α,β-unsaturated/α-hetero) is 1. The van der Waals surface area contributed by atoms with Crippen LogP contribution in [0.1, 0.15) is 42.6 Å². The molecule has 2 aliphatic rings. The fourth-order valence-corrected chi connectivity index (χ4v) is 4.75. The number of hydrogen-bond donors (Lipinski definition) is 1. The first-order valence-electron chi connectivity index (χ1n) is 11.6. The third-order valence-electron chi connectivity index (χ3n) is 6.44. The zero-order valence-electron chi connectivity index (χ0n) is 20.1. The number of aromatic nitrogens is 1. The highest BCUT2D eigenvalue weighted by molar-refractivity contribution is 6.46. The van der Waals surface area contributed by atoms with Crippen LogP contribution in [0.15, 0.2) is 48.2 Å². The van der Waals surface area contributed by atoms with Crippen LogP contribution < -0.4 is 4.74 Å². The number of nitrogens with zero attached hydrogens (tertiary/aromatic N) is 3. The molecule has 0 bridgehead atoms. The van der Waals surface area contributed by atoms with Gasteiger partial charge in [0.1, 0.15) is 17.6 Å². The van der Waals surface area contributed by atoms with Crippen molar-refractivity contribution in [3.63, 3.8) is 0 Å². The number of hydrogen-bond acceptors (Lipinski definition) is 7. The first kappa shape index (κ1) is 24.3. The summed E-state index contributed by atoms with van der Waals surface area (Å²) in [5, 5.41) is 11.4. The fraction of sp³-hybridized carbons (Fsp3) is 0.385. The van der Waals surface area contributed by atoms with Crippen LogP contribution in [0, 0.1) is 6.92 Å². The van der Waals surface area contributed by atoms with Gasteiger partial charge in [0.05, 0.1) is 30.5 Å². The number of likely N-dealkylation sites (tertiary alicyclic amines) is 2. The van der Waals surface area contributed by atoms with Gasteiger partial charge in [0, 0.05) is 25.3 Å². The minimum absolute atomic E-state index is 0.0228. The molecule has 1 atom stereocenters. The van der Waals surface area contributed by atoms with Gasteiger partial charge >= 0.3 is 6.09 Å². The molecular formula is C26H29N3O6. The number of methoxy groups -OCH3 is 1. The third-order valence-corrected chi connectivity index (χ3v) is 6.44. The first-order chi connectivity index (χ1) is 16.9. The lowest BCUT2D eigenvalue weighted by Crippen LogP contribution is -2.48. The molecule has 35 heavy (non-hydrogen) atoms. The van der Waals surface area contributed by atoms with Gasteiger partial charge in [-0.25, -0.2) is 4.79 Å². The number of benzene rings is 1. The third kappa shape index (κ3) is 4.58. The van der Waals surface area contributed by atoms with Gasteiger partial charge in [0.15, 0.2) is 0 Å². The Balaban J connectivity index is 1.76. The van der Waals surface area contributed by atoms with Crippen molar-refractivity contribution in [1.82, 2.24) is 14.8 Å². The molecule has 0 saturated carbocycles. The van der Waals surface area contributed by atoms with E-state index in [9.17, 15) is 19.5 Å². The number of ketones is 1. The molecule has 2 saturated heterocycles. The maximum Gasteiger partial charge on any atom is 0.409 e. The average molecular weight is 480 g/mol. The molecule has 0 spiro atoms. The van der Waals surface area contributed by atoms with Crippen LogP contribution in [0.5, 0.6) is 5.75 Å². The summed E-state index contributed by atoms with van der Waals surface area (Å²) in [5.74, 6) is -1.37. The highest BCUT2D eigenvalue weighted by Gasteiger charge is 2.50. The van der Waals surface area contributed by atoms with Crippen LogP contribution in [0.25, 0.3) is 5.76 Å². The van der Waals surface area contributed by atoms with Gasteiger partial charge in [-0.3, -0.25) is 14.6 Å². The summed E-state index contributed by atoms with van der Waals surface area (Å²) in [6.07, 6.45) is 2.15. The van der Waals surface area contributed by atoms with E-state index in [1.807, 2.05) is 13.0 Å². The van der Waals surface area contributed by atoms with Crippen molar-refractivity contribution in [2.45, 2.75) is 38.8 Å². The summed E-state index contributed by atoms with van der Waals surface area (Å²) in [6.45, 7) is 4.69. The quantitative estimate of drug-likeness (QED) is 0.397. The minimum atomic E-state index is -0.861. The van der Waals surface area contributed by atoms with Crippen molar-refractivity contribution in [3.8, 4) is 5.75 Å². The number of aliphatic hydroxyl groups excluding tert-OH is 1. The van der Waals surface area contributed by atoms with Crippen LogP contribution >= 0.6 is 0 Å². The summed E-state index contributed by atoms with van der Waals surface area (Å²) in [6, 6.07) is 9.35. The molecule has 1 unspecified atom stereocenters. The molecule has 2 amide bonds. The van der Waals surface area contributed by atoms with E-state index >= 15 is 0 Å². The van der Waals surface area contributed by atoms with Crippen molar-refractivity contribution in [2.75, 3.05) is 26.8 Å². The molecule has 4 rings (SSSR count). The van der Waals surface area contributed by atoms with Crippen LogP contribution in [-0.2, 0) is 14.3 Å². The van der Waals surface area contributed by atoms with Crippen molar-refractivity contribution in [1.29, 1.82) is 0 Å². The van der Waals surface area contributed by atoms with E-state index < -0.39 is 17.7 Å². The Morgan fingerprint density at radius 2 is 1.91 bits per heavy atom. The number of aryl methyl sites for hydroxylation is 1. The smallest absolute Gasteiger partial charge is 0.409 e. The van der Waals surface area contributed by atoms with Crippen LogP contribution in [0.3, 0.4) is 0 Å². The molecular weight excluding hydrogens is 450 g/mol. The van der Waals surface area contributed by atoms with Crippen molar-refractivity contribution >= 4 is 23.5 Å². The molecule has 9 heteroatoms. The van der Waals surface area contributed by atoms with E-state index in [0.717, 1.165) is 5.56 Å². The van der Waals surface area contributed by atoms with E-state index in [4.69, 9.17) is 9.47 Å². The Morgan fingerprint density at radius 1 is 1.17 bits per heavy atom. The maximum atomic E-state index is 13.3. The molecule has 1 aromatic carbocycles. The number of piperidine rings is 1. The summed E-state index contributed by atoms with van der Waals surface area (Å²) >= 11 is 0. The number of aliphatic hydroxyl groups is 1. The first-order valence-corrected chi connectivity index (χ1v) is 11.6. The number of ether oxygens (including phenoxy) is 2.